The largest absolute Gasteiger partial charge is 0.466 e. The summed E-state index contributed by atoms with van der Waals surface area (Å²) < 4.78 is 4.76. The maximum atomic E-state index is 10.5. The molecule has 1 N–H and O–H groups in total. The van der Waals surface area contributed by atoms with Gasteiger partial charge in [0.2, 0.25) is 0 Å². The SMILES string of the molecule is CO.O=C1CCCCCO1. The summed E-state index contributed by atoms with van der Waals surface area (Å²) in [6, 6.07) is 0. The maximum absolute atomic E-state index is 10.5. The Morgan fingerprint density at radius 1 is 1.30 bits per heavy atom. The molecule has 0 spiro atoms. The first-order valence-electron chi connectivity index (χ1n) is 3.50. The molecule has 0 saturated carbocycles. The number of carbonyl (C=O) groups is 1. The van der Waals surface area contributed by atoms with E-state index in [1.165, 1.54) is 0 Å². The third-order valence-corrected chi connectivity index (χ3v) is 1.29. The van der Waals surface area contributed by atoms with E-state index in [9.17, 15) is 4.79 Å². The Morgan fingerprint density at radius 2 is 2.00 bits per heavy atom. The molecule has 3 nitrogen and oxygen atoms in total. The Labute approximate surface area is 61.0 Å². The average Bonchev–Trinajstić information content (AvgIpc) is 2.21. The van der Waals surface area contributed by atoms with Crippen LogP contribution in [0.3, 0.4) is 0 Å². The lowest BCUT2D eigenvalue weighted by molar-refractivity contribution is -0.142. The van der Waals surface area contributed by atoms with Crippen molar-refractivity contribution in [2.45, 2.75) is 25.7 Å². The van der Waals surface area contributed by atoms with Gasteiger partial charge >= 0.3 is 5.97 Å². The lowest BCUT2D eigenvalue weighted by atomic mass is 10.2. The fraction of sp³-hybridized carbons (Fsp3) is 0.857. The fourth-order valence-electron chi connectivity index (χ4n) is 0.806. The van der Waals surface area contributed by atoms with Gasteiger partial charge in [-0.25, -0.2) is 0 Å². The van der Waals surface area contributed by atoms with E-state index in [1.807, 2.05) is 0 Å². The van der Waals surface area contributed by atoms with Crippen molar-refractivity contribution < 1.29 is 14.6 Å². The van der Waals surface area contributed by atoms with E-state index in [0.717, 1.165) is 26.4 Å². The number of esters is 1. The van der Waals surface area contributed by atoms with Crippen LogP contribution in [0, 0.1) is 0 Å². The fourth-order valence-corrected chi connectivity index (χ4v) is 0.806. The van der Waals surface area contributed by atoms with Gasteiger partial charge in [0.15, 0.2) is 0 Å². The minimum Gasteiger partial charge on any atom is -0.466 e. The second-order valence-corrected chi connectivity index (χ2v) is 2.03. The Hall–Kier alpha value is -0.570. The molecule has 1 fully saturated rings. The summed E-state index contributed by atoms with van der Waals surface area (Å²) in [6.07, 6.45) is 3.83. The zero-order valence-electron chi connectivity index (χ0n) is 6.30. The van der Waals surface area contributed by atoms with Gasteiger partial charge in [-0.05, 0) is 19.3 Å². The standard InChI is InChI=1S/C6H10O2.CH4O/c7-6-4-2-1-3-5-8-6;1-2/h1-5H2;2H,1H3. The van der Waals surface area contributed by atoms with Gasteiger partial charge in [0.05, 0.1) is 6.61 Å². The van der Waals surface area contributed by atoms with Crippen molar-refractivity contribution in [3.63, 3.8) is 0 Å². The molecule has 10 heavy (non-hydrogen) atoms. The predicted molar refractivity (Wildman–Crippen MR) is 37.6 cm³/mol. The lowest BCUT2D eigenvalue weighted by Crippen LogP contribution is -2.00. The van der Waals surface area contributed by atoms with Crippen molar-refractivity contribution in [1.29, 1.82) is 0 Å². The molecule has 60 valence electrons. The lowest BCUT2D eigenvalue weighted by Gasteiger charge is -1.93. The van der Waals surface area contributed by atoms with E-state index >= 15 is 0 Å². The van der Waals surface area contributed by atoms with Crippen LogP contribution in [0.25, 0.3) is 0 Å². The van der Waals surface area contributed by atoms with Crippen molar-refractivity contribution in [1.82, 2.24) is 0 Å². The van der Waals surface area contributed by atoms with Crippen molar-refractivity contribution in [2.75, 3.05) is 13.7 Å². The van der Waals surface area contributed by atoms with E-state index < -0.39 is 0 Å². The molecule has 0 unspecified atom stereocenters. The number of cyclic esters (lactones) is 1. The molecule has 0 aromatic heterocycles. The Balaban J connectivity index is 0.000000371. The smallest absolute Gasteiger partial charge is 0.305 e. The predicted octanol–water partition coefficient (Wildman–Crippen LogP) is 0.712. The third kappa shape index (κ3) is 4.32. The van der Waals surface area contributed by atoms with Crippen molar-refractivity contribution in [3.8, 4) is 0 Å². The van der Waals surface area contributed by atoms with Crippen LogP contribution in [-0.2, 0) is 9.53 Å². The van der Waals surface area contributed by atoms with Gasteiger partial charge in [0, 0.05) is 13.5 Å². The van der Waals surface area contributed by atoms with Crippen molar-refractivity contribution in [2.24, 2.45) is 0 Å². The third-order valence-electron chi connectivity index (χ3n) is 1.29. The minimum atomic E-state index is -0.0255. The van der Waals surface area contributed by atoms with Crippen LogP contribution >= 0.6 is 0 Å². The first-order valence-corrected chi connectivity index (χ1v) is 3.50. The topological polar surface area (TPSA) is 46.5 Å². The van der Waals surface area contributed by atoms with Gasteiger partial charge in [-0.3, -0.25) is 4.79 Å². The normalized spacial score (nSPS) is 18.0. The van der Waals surface area contributed by atoms with E-state index in [2.05, 4.69) is 0 Å². The van der Waals surface area contributed by atoms with Crippen LogP contribution in [-0.4, -0.2) is 24.8 Å². The van der Waals surface area contributed by atoms with Crippen LogP contribution in [0.4, 0.5) is 0 Å². The average molecular weight is 146 g/mol. The van der Waals surface area contributed by atoms with Crippen molar-refractivity contribution in [3.05, 3.63) is 0 Å². The molecule has 1 saturated heterocycles. The Kier molecular flexibility index (Phi) is 6.18. The summed E-state index contributed by atoms with van der Waals surface area (Å²) in [5.41, 5.74) is 0. The summed E-state index contributed by atoms with van der Waals surface area (Å²) in [7, 11) is 1.00. The summed E-state index contributed by atoms with van der Waals surface area (Å²) in [5.74, 6) is -0.0255. The molecule has 1 rings (SSSR count). The second kappa shape index (κ2) is 6.55. The van der Waals surface area contributed by atoms with Gasteiger partial charge in [-0.2, -0.15) is 0 Å². The van der Waals surface area contributed by atoms with Gasteiger partial charge in [-0.1, -0.05) is 0 Å². The highest BCUT2D eigenvalue weighted by molar-refractivity contribution is 5.69. The number of ether oxygens (including phenoxy) is 1. The number of hydrogen-bond acceptors (Lipinski definition) is 3. The molecule has 0 aliphatic carbocycles. The zero-order chi connectivity index (χ0) is 7.82. The maximum Gasteiger partial charge on any atom is 0.305 e. The van der Waals surface area contributed by atoms with Crippen LogP contribution in [0.1, 0.15) is 25.7 Å². The number of aliphatic hydroxyl groups excluding tert-OH is 1. The van der Waals surface area contributed by atoms with Gasteiger partial charge in [0.25, 0.3) is 0 Å². The van der Waals surface area contributed by atoms with E-state index in [4.69, 9.17) is 9.84 Å². The first kappa shape index (κ1) is 9.43. The van der Waals surface area contributed by atoms with Crippen molar-refractivity contribution >= 4 is 5.97 Å². The number of carbonyl (C=O) groups excluding carboxylic acids is 1. The highest BCUT2D eigenvalue weighted by Crippen LogP contribution is 2.06. The molecule has 0 aromatic rings. The molecule has 0 radical (unpaired) electrons. The van der Waals surface area contributed by atoms with Crippen LogP contribution in [0.15, 0.2) is 0 Å². The molecule has 1 aliphatic heterocycles. The molecule has 0 bridgehead atoms. The Morgan fingerprint density at radius 3 is 2.70 bits per heavy atom. The number of rotatable bonds is 0. The molecule has 3 heteroatoms. The minimum absolute atomic E-state index is 0.0255. The molecule has 0 aromatic carbocycles. The van der Waals surface area contributed by atoms with Gasteiger partial charge in [-0.15, -0.1) is 0 Å². The first-order chi connectivity index (χ1) is 4.89. The molecule has 0 amide bonds. The Bertz CT molecular complexity index is 80.9. The summed E-state index contributed by atoms with van der Waals surface area (Å²) >= 11 is 0. The van der Waals surface area contributed by atoms with Crippen LogP contribution in [0.5, 0.6) is 0 Å². The number of hydrogen-bond donors (Lipinski definition) is 1. The summed E-state index contributed by atoms with van der Waals surface area (Å²) in [6.45, 7) is 0.638. The summed E-state index contributed by atoms with van der Waals surface area (Å²) in [4.78, 5) is 10.5. The molecule has 1 heterocycles. The van der Waals surface area contributed by atoms with E-state index in [-0.39, 0.29) is 5.97 Å². The molecular formula is C7H14O3. The summed E-state index contributed by atoms with van der Waals surface area (Å²) in [5, 5.41) is 7.00. The quantitative estimate of drug-likeness (QED) is 0.512. The van der Waals surface area contributed by atoms with E-state index in [0.29, 0.717) is 13.0 Å². The van der Waals surface area contributed by atoms with E-state index in [1.54, 1.807) is 0 Å². The molecule has 1 aliphatic rings. The molecule has 0 atom stereocenters. The molecular weight excluding hydrogens is 132 g/mol. The second-order valence-electron chi connectivity index (χ2n) is 2.03. The monoisotopic (exact) mass is 146 g/mol. The highest BCUT2D eigenvalue weighted by atomic mass is 16.5. The van der Waals surface area contributed by atoms with Crippen LogP contribution < -0.4 is 0 Å². The number of aliphatic hydroxyl groups is 1. The highest BCUT2D eigenvalue weighted by Gasteiger charge is 2.05. The van der Waals surface area contributed by atoms with Crippen LogP contribution in [0.2, 0.25) is 0 Å². The van der Waals surface area contributed by atoms with Gasteiger partial charge in [0.1, 0.15) is 0 Å². The zero-order valence-corrected chi connectivity index (χ0v) is 6.30. The van der Waals surface area contributed by atoms with Gasteiger partial charge < -0.3 is 9.84 Å².